The van der Waals surface area contributed by atoms with Crippen LogP contribution in [-0.2, 0) is 16.1 Å². The largest absolute Gasteiger partial charge is 0.445 e. The predicted octanol–water partition coefficient (Wildman–Crippen LogP) is 3.65. The smallest absolute Gasteiger partial charge is 0.410 e. The second-order valence-corrected chi connectivity index (χ2v) is 11.5. The molecule has 3 aliphatic rings. The van der Waals surface area contributed by atoms with Crippen LogP contribution in [-0.4, -0.2) is 99.6 Å². The maximum atomic E-state index is 13.4. The number of benzene rings is 2. The summed E-state index contributed by atoms with van der Waals surface area (Å²) in [6.07, 6.45) is 0.213. The fourth-order valence-corrected chi connectivity index (χ4v) is 6.66. The van der Waals surface area contributed by atoms with E-state index in [0.717, 1.165) is 61.0 Å². The van der Waals surface area contributed by atoms with Crippen LogP contribution in [0.15, 0.2) is 48.5 Å². The number of ether oxygens (including phenoxy) is 1. The Morgan fingerprint density at radius 3 is 2.66 bits per heavy atom. The zero-order chi connectivity index (χ0) is 26.1. The van der Waals surface area contributed by atoms with Crippen LogP contribution in [0.1, 0.15) is 12.0 Å². The van der Waals surface area contributed by atoms with Gasteiger partial charge in [-0.25, -0.2) is 9.78 Å². The number of imidazole rings is 1. The molecule has 2 unspecified atom stereocenters. The van der Waals surface area contributed by atoms with E-state index in [1.807, 2.05) is 53.4 Å². The minimum Gasteiger partial charge on any atom is -0.445 e. The fourth-order valence-electron chi connectivity index (χ4n) is 5.53. The lowest BCUT2D eigenvalue weighted by Crippen LogP contribution is -2.51. The monoisotopic (exact) mass is 554 g/mol. The van der Waals surface area contributed by atoms with Gasteiger partial charge in [0.25, 0.3) is 0 Å². The van der Waals surface area contributed by atoms with E-state index in [1.165, 1.54) is 0 Å². The first-order valence-electron chi connectivity index (χ1n) is 13.0. The molecule has 3 fully saturated rings. The Morgan fingerprint density at radius 2 is 1.89 bits per heavy atom. The number of carbonyl (C=O) groups excluding carboxylic acids is 2. The standard InChI is InChI=1S/C27H31ClN6O3S/c28-20-6-7-22-23(14-20)30-26(29-22)32-10-8-31(9-11-32)21-15-24(25(35)33-12-13-38-18-33)34(16-21)27(36)37-17-19-4-2-1-3-5-19/h1-7,14,21,24H,8-13,15-18H2,(H,29,30). The van der Waals surface area contributed by atoms with E-state index in [0.29, 0.717) is 23.9 Å². The van der Waals surface area contributed by atoms with Gasteiger partial charge in [-0.15, -0.1) is 11.8 Å². The van der Waals surface area contributed by atoms with Gasteiger partial charge in [-0.3, -0.25) is 14.6 Å². The number of carbonyl (C=O) groups is 2. The number of H-pyrrole nitrogens is 1. The van der Waals surface area contributed by atoms with Crippen molar-refractivity contribution in [1.82, 2.24) is 24.7 Å². The van der Waals surface area contributed by atoms with Gasteiger partial charge in [0.05, 0.1) is 16.9 Å². The molecule has 4 heterocycles. The SMILES string of the molecule is O=C(C1CC(N2CCN(c3nc4ccc(Cl)cc4[nH]3)CC2)CN1C(=O)OCc1ccccc1)N1CCSC1. The van der Waals surface area contributed by atoms with Crippen LogP contribution < -0.4 is 4.90 Å². The van der Waals surface area contributed by atoms with Crippen molar-refractivity contribution in [2.24, 2.45) is 0 Å². The highest BCUT2D eigenvalue weighted by Gasteiger charge is 2.45. The minimum absolute atomic E-state index is 0.0359. The molecule has 11 heteroatoms. The van der Waals surface area contributed by atoms with Crippen molar-refractivity contribution in [2.75, 3.05) is 55.8 Å². The Morgan fingerprint density at radius 1 is 1.08 bits per heavy atom. The third-order valence-corrected chi connectivity index (χ3v) is 8.83. The second kappa shape index (κ2) is 11.0. The van der Waals surface area contributed by atoms with Crippen LogP contribution in [0.5, 0.6) is 0 Å². The van der Waals surface area contributed by atoms with Crippen molar-refractivity contribution in [2.45, 2.75) is 25.1 Å². The van der Waals surface area contributed by atoms with Gasteiger partial charge in [-0.05, 0) is 30.2 Å². The van der Waals surface area contributed by atoms with E-state index in [9.17, 15) is 9.59 Å². The molecule has 2 amide bonds. The molecule has 3 aliphatic heterocycles. The van der Waals surface area contributed by atoms with Gasteiger partial charge in [0.2, 0.25) is 11.9 Å². The summed E-state index contributed by atoms with van der Waals surface area (Å²) in [7, 11) is 0. The fraction of sp³-hybridized carbons (Fsp3) is 0.444. The predicted molar refractivity (Wildman–Crippen MR) is 149 cm³/mol. The van der Waals surface area contributed by atoms with Gasteiger partial charge in [-0.2, -0.15) is 0 Å². The van der Waals surface area contributed by atoms with Crippen molar-refractivity contribution in [3.05, 3.63) is 59.1 Å². The molecule has 3 saturated heterocycles. The summed E-state index contributed by atoms with van der Waals surface area (Å²) in [6, 6.07) is 14.9. The van der Waals surface area contributed by atoms with E-state index in [-0.39, 0.29) is 18.6 Å². The van der Waals surface area contributed by atoms with Crippen LogP contribution >= 0.6 is 23.4 Å². The van der Waals surface area contributed by atoms with Crippen LogP contribution in [0.25, 0.3) is 11.0 Å². The lowest BCUT2D eigenvalue weighted by atomic mass is 10.1. The summed E-state index contributed by atoms with van der Waals surface area (Å²) < 4.78 is 5.67. The van der Waals surface area contributed by atoms with Gasteiger partial charge < -0.3 is 19.5 Å². The Hall–Kier alpha value is -2.95. The number of thioether (sulfide) groups is 1. The molecule has 38 heavy (non-hydrogen) atoms. The first-order valence-corrected chi connectivity index (χ1v) is 14.6. The number of amides is 2. The van der Waals surface area contributed by atoms with Crippen LogP contribution in [0.2, 0.25) is 5.02 Å². The van der Waals surface area contributed by atoms with Gasteiger partial charge in [0.15, 0.2) is 0 Å². The lowest BCUT2D eigenvalue weighted by Gasteiger charge is -2.37. The molecule has 0 bridgehead atoms. The molecular formula is C27H31ClN6O3S. The van der Waals surface area contributed by atoms with Crippen molar-refractivity contribution in [1.29, 1.82) is 0 Å². The molecule has 0 saturated carbocycles. The number of fused-ring (bicyclic) bond motifs is 1. The van der Waals surface area contributed by atoms with Crippen molar-refractivity contribution in [3.63, 3.8) is 0 Å². The number of aromatic nitrogens is 2. The molecule has 0 aliphatic carbocycles. The summed E-state index contributed by atoms with van der Waals surface area (Å²) in [4.78, 5) is 42.9. The summed E-state index contributed by atoms with van der Waals surface area (Å²) in [5.74, 6) is 2.51. The van der Waals surface area contributed by atoms with Gasteiger partial charge in [-0.1, -0.05) is 41.9 Å². The maximum absolute atomic E-state index is 13.4. The number of halogens is 1. The van der Waals surface area contributed by atoms with Crippen LogP contribution in [0.4, 0.5) is 10.7 Å². The van der Waals surface area contributed by atoms with Crippen molar-refractivity contribution in [3.8, 4) is 0 Å². The molecule has 2 atom stereocenters. The molecule has 200 valence electrons. The molecule has 1 N–H and O–H groups in total. The molecule has 9 nitrogen and oxygen atoms in total. The van der Waals surface area contributed by atoms with E-state index in [1.54, 1.807) is 16.7 Å². The Balaban J connectivity index is 1.11. The van der Waals surface area contributed by atoms with Gasteiger partial charge >= 0.3 is 6.09 Å². The molecule has 6 rings (SSSR count). The van der Waals surface area contributed by atoms with Crippen LogP contribution in [0, 0.1) is 0 Å². The minimum atomic E-state index is -0.486. The lowest BCUT2D eigenvalue weighted by molar-refractivity contribution is -0.134. The summed E-state index contributed by atoms with van der Waals surface area (Å²) in [6.45, 7) is 4.70. The molecular weight excluding hydrogens is 524 g/mol. The Bertz CT molecular complexity index is 1290. The van der Waals surface area contributed by atoms with E-state index < -0.39 is 12.1 Å². The number of anilines is 1. The average Bonchev–Trinajstić information content (AvgIpc) is 3.72. The van der Waals surface area contributed by atoms with E-state index in [4.69, 9.17) is 21.3 Å². The first-order chi connectivity index (χ1) is 18.5. The van der Waals surface area contributed by atoms with E-state index >= 15 is 0 Å². The molecule has 1 aromatic heterocycles. The molecule has 3 aromatic rings. The number of aromatic amines is 1. The first kappa shape index (κ1) is 25.3. The van der Waals surface area contributed by atoms with Crippen LogP contribution in [0.3, 0.4) is 0 Å². The zero-order valence-electron chi connectivity index (χ0n) is 21.1. The molecule has 2 aromatic carbocycles. The average molecular weight is 555 g/mol. The Kier molecular flexibility index (Phi) is 7.36. The highest BCUT2D eigenvalue weighted by Crippen LogP contribution is 2.29. The quantitative estimate of drug-likeness (QED) is 0.515. The number of hydrogen-bond donors (Lipinski definition) is 1. The third kappa shape index (κ3) is 5.30. The van der Waals surface area contributed by atoms with Gasteiger partial charge in [0.1, 0.15) is 12.6 Å². The topological polar surface area (TPSA) is 85.0 Å². The number of hydrogen-bond acceptors (Lipinski definition) is 7. The number of nitrogens with zero attached hydrogens (tertiary/aromatic N) is 5. The summed E-state index contributed by atoms with van der Waals surface area (Å²) in [5, 5.41) is 0.683. The summed E-state index contributed by atoms with van der Waals surface area (Å²) in [5.41, 5.74) is 2.75. The third-order valence-electron chi connectivity index (χ3n) is 7.63. The van der Waals surface area contributed by atoms with Crippen molar-refractivity contribution >= 4 is 52.3 Å². The second-order valence-electron chi connectivity index (χ2n) is 9.98. The van der Waals surface area contributed by atoms with Crippen molar-refractivity contribution < 1.29 is 14.3 Å². The summed E-state index contributed by atoms with van der Waals surface area (Å²) >= 11 is 7.89. The zero-order valence-corrected chi connectivity index (χ0v) is 22.7. The molecule has 0 radical (unpaired) electrons. The maximum Gasteiger partial charge on any atom is 0.410 e. The normalized spacial score (nSPS) is 22.4. The van der Waals surface area contributed by atoms with E-state index in [2.05, 4.69) is 14.8 Å². The highest BCUT2D eigenvalue weighted by molar-refractivity contribution is 7.99. The number of nitrogens with one attached hydrogen (secondary N) is 1. The Labute approximate surface area is 231 Å². The number of piperazine rings is 1. The molecule has 0 spiro atoms. The number of rotatable bonds is 5. The van der Waals surface area contributed by atoms with Gasteiger partial charge in [0, 0.05) is 56.1 Å². The number of likely N-dealkylation sites (tertiary alicyclic amines) is 1. The highest BCUT2D eigenvalue weighted by atomic mass is 35.5.